The Bertz CT molecular complexity index is 236. The standard InChI is InChI=1S/C10H13N/c1-3-9(2)11-10-7-5-4-6-8-10/h3-8,11H,1-2H3/b9-3-. The molecule has 1 heteroatoms. The predicted octanol–water partition coefficient (Wildman–Crippen LogP) is 3.02. The van der Waals surface area contributed by atoms with Crippen LogP contribution in [0, 0.1) is 0 Å². The second kappa shape index (κ2) is 3.81. The summed E-state index contributed by atoms with van der Waals surface area (Å²) in [5, 5.41) is 3.25. The average molecular weight is 147 g/mol. The molecule has 0 aliphatic rings. The van der Waals surface area contributed by atoms with Crippen molar-refractivity contribution in [1.29, 1.82) is 0 Å². The maximum atomic E-state index is 3.25. The molecule has 0 amide bonds. The fourth-order valence-electron chi connectivity index (χ4n) is 0.821. The van der Waals surface area contributed by atoms with E-state index < -0.39 is 0 Å². The van der Waals surface area contributed by atoms with E-state index in [2.05, 4.69) is 5.32 Å². The number of hydrogen-bond acceptors (Lipinski definition) is 1. The van der Waals surface area contributed by atoms with Crippen LogP contribution in [0.5, 0.6) is 0 Å². The molecular weight excluding hydrogens is 134 g/mol. The lowest BCUT2D eigenvalue weighted by molar-refractivity contribution is 1.35. The first-order valence-corrected chi connectivity index (χ1v) is 3.78. The summed E-state index contributed by atoms with van der Waals surface area (Å²) in [4.78, 5) is 0. The molecule has 1 rings (SSSR count). The molecule has 1 N–H and O–H groups in total. The molecule has 0 bridgehead atoms. The van der Waals surface area contributed by atoms with Gasteiger partial charge in [0.2, 0.25) is 0 Å². The van der Waals surface area contributed by atoms with Crippen molar-refractivity contribution < 1.29 is 0 Å². The zero-order valence-electron chi connectivity index (χ0n) is 6.96. The van der Waals surface area contributed by atoms with E-state index in [0.717, 1.165) is 5.69 Å². The highest BCUT2D eigenvalue weighted by molar-refractivity contribution is 5.47. The predicted molar refractivity (Wildman–Crippen MR) is 49.5 cm³/mol. The highest BCUT2D eigenvalue weighted by atomic mass is 14.9. The molecule has 0 unspecified atom stereocenters. The molecule has 1 aromatic rings. The Kier molecular flexibility index (Phi) is 2.73. The molecule has 1 nitrogen and oxygen atoms in total. The number of anilines is 1. The lowest BCUT2D eigenvalue weighted by Crippen LogP contribution is -1.93. The van der Waals surface area contributed by atoms with E-state index in [4.69, 9.17) is 0 Å². The molecule has 11 heavy (non-hydrogen) atoms. The Morgan fingerprint density at radius 3 is 2.45 bits per heavy atom. The summed E-state index contributed by atoms with van der Waals surface area (Å²) < 4.78 is 0. The van der Waals surface area contributed by atoms with Crippen LogP contribution in [0.1, 0.15) is 13.8 Å². The highest BCUT2D eigenvalue weighted by Crippen LogP contribution is 2.07. The molecule has 0 fully saturated rings. The van der Waals surface area contributed by atoms with Crippen molar-refractivity contribution in [3.8, 4) is 0 Å². The largest absolute Gasteiger partial charge is 0.359 e. The summed E-state index contributed by atoms with van der Waals surface area (Å²) in [6, 6.07) is 10.1. The molecular formula is C10H13N. The Balaban J connectivity index is 2.65. The molecule has 0 heterocycles. The summed E-state index contributed by atoms with van der Waals surface area (Å²) in [5.74, 6) is 0. The first-order valence-electron chi connectivity index (χ1n) is 3.78. The molecule has 0 saturated heterocycles. The third-order valence-electron chi connectivity index (χ3n) is 1.55. The minimum Gasteiger partial charge on any atom is -0.359 e. The molecule has 0 radical (unpaired) electrons. The second-order valence-electron chi connectivity index (χ2n) is 2.46. The van der Waals surface area contributed by atoms with Gasteiger partial charge in [0.15, 0.2) is 0 Å². The minimum absolute atomic E-state index is 1.14. The van der Waals surface area contributed by atoms with Crippen molar-refractivity contribution in [3.63, 3.8) is 0 Å². The Morgan fingerprint density at radius 2 is 1.91 bits per heavy atom. The van der Waals surface area contributed by atoms with Crippen molar-refractivity contribution in [2.75, 3.05) is 5.32 Å². The van der Waals surface area contributed by atoms with Crippen molar-refractivity contribution in [1.82, 2.24) is 0 Å². The topological polar surface area (TPSA) is 12.0 Å². The van der Waals surface area contributed by atoms with Gasteiger partial charge >= 0.3 is 0 Å². The maximum absolute atomic E-state index is 3.25. The zero-order valence-corrected chi connectivity index (χ0v) is 6.96. The molecule has 0 aliphatic heterocycles. The zero-order chi connectivity index (χ0) is 8.10. The van der Waals surface area contributed by atoms with Gasteiger partial charge < -0.3 is 5.32 Å². The first-order chi connectivity index (χ1) is 5.33. The molecule has 0 atom stereocenters. The van der Waals surface area contributed by atoms with E-state index in [1.807, 2.05) is 50.3 Å². The minimum atomic E-state index is 1.14. The van der Waals surface area contributed by atoms with Crippen LogP contribution >= 0.6 is 0 Å². The number of rotatable bonds is 2. The van der Waals surface area contributed by atoms with E-state index in [1.54, 1.807) is 0 Å². The number of nitrogens with one attached hydrogen (secondary N) is 1. The summed E-state index contributed by atoms with van der Waals surface area (Å²) in [6.45, 7) is 4.07. The Morgan fingerprint density at radius 1 is 1.27 bits per heavy atom. The molecule has 0 aliphatic carbocycles. The molecule has 0 saturated carbocycles. The van der Waals surface area contributed by atoms with Gasteiger partial charge in [-0.05, 0) is 26.0 Å². The van der Waals surface area contributed by atoms with Crippen LogP contribution in [0.15, 0.2) is 42.1 Å². The van der Waals surface area contributed by atoms with E-state index in [0.29, 0.717) is 0 Å². The van der Waals surface area contributed by atoms with Crippen molar-refractivity contribution in [2.45, 2.75) is 13.8 Å². The Labute approximate surface area is 67.8 Å². The smallest absolute Gasteiger partial charge is 0.0381 e. The number of allylic oxidation sites excluding steroid dienone is 2. The third kappa shape index (κ3) is 2.46. The summed E-state index contributed by atoms with van der Waals surface area (Å²) in [6.07, 6.45) is 2.05. The van der Waals surface area contributed by atoms with Gasteiger partial charge in [-0.2, -0.15) is 0 Å². The molecule has 1 aromatic carbocycles. The van der Waals surface area contributed by atoms with Gasteiger partial charge in [-0.25, -0.2) is 0 Å². The van der Waals surface area contributed by atoms with Crippen molar-refractivity contribution in [2.24, 2.45) is 0 Å². The van der Waals surface area contributed by atoms with Crippen LogP contribution in [0.3, 0.4) is 0 Å². The van der Waals surface area contributed by atoms with Gasteiger partial charge in [0.25, 0.3) is 0 Å². The average Bonchev–Trinajstić information content (AvgIpc) is 2.06. The molecule has 58 valence electrons. The quantitative estimate of drug-likeness (QED) is 0.678. The van der Waals surface area contributed by atoms with E-state index >= 15 is 0 Å². The summed E-state index contributed by atoms with van der Waals surface area (Å²) in [7, 11) is 0. The first kappa shape index (κ1) is 7.86. The maximum Gasteiger partial charge on any atom is 0.0381 e. The fourth-order valence-corrected chi connectivity index (χ4v) is 0.821. The molecule has 0 spiro atoms. The SMILES string of the molecule is C/C=C(/C)Nc1ccccc1. The van der Waals surface area contributed by atoms with Crippen LogP contribution in [0.2, 0.25) is 0 Å². The van der Waals surface area contributed by atoms with Crippen LogP contribution in [0.4, 0.5) is 5.69 Å². The highest BCUT2D eigenvalue weighted by Gasteiger charge is 1.87. The summed E-state index contributed by atoms with van der Waals surface area (Å²) in [5.41, 5.74) is 2.32. The van der Waals surface area contributed by atoms with Gasteiger partial charge in [-0.1, -0.05) is 24.3 Å². The van der Waals surface area contributed by atoms with Crippen LogP contribution < -0.4 is 5.32 Å². The van der Waals surface area contributed by atoms with Gasteiger partial charge in [0, 0.05) is 11.4 Å². The normalized spacial score (nSPS) is 11.3. The summed E-state index contributed by atoms with van der Waals surface area (Å²) >= 11 is 0. The van der Waals surface area contributed by atoms with E-state index in [9.17, 15) is 0 Å². The van der Waals surface area contributed by atoms with Crippen LogP contribution in [-0.4, -0.2) is 0 Å². The van der Waals surface area contributed by atoms with E-state index in [-0.39, 0.29) is 0 Å². The van der Waals surface area contributed by atoms with Gasteiger partial charge in [-0.15, -0.1) is 0 Å². The van der Waals surface area contributed by atoms with E-state index in [1.165, 1.54) is 5.70 Å². The third-order valence-corrected chi connectivity index (χ3v) is 1.55. The van der Waals surface area contributed by atoms with Crippen molar-refractivity contribution in [3.05, 3.63) is 42.1 Å². The van der Waals surface area contributed by atoms with Gasteiger partial charge in [0.1, 0.15) is 0 Å². The number of para-hydroxylation sites is 1. The lowest BCUT2D eigenvalue weighted by atomic mass is 10.3. The monoisotopic (exact) mass is 147 g/mol. The Hall–Kier alpha value is -1.24. The lowest BCUT2D eigenvalue weighted by Gasteiger charge is -2.04. The second-order valence-corrected chi connectivity index (χ2v) is 2.46. The van der Waals surface area contributed by atoms with Crippen molar-refractivity contribution >= 4 is 5.69 Å². The fraction of sp³-hybridized carbons (Fsp3) is 0.200. The van der Waals surface area contributed by atoms with Gasteiger partial charge in [0.05, 0.1) is 0 Å². The van der Waals surface area contributed by atoms with Crippen LogP contribution in [0.25, 0.3) is 0 Å². The number of benzene rings is 1. The number of hydrogen-bond donors (Lipinski definition) is 1. The molecule has 0 aromatic heterocycles. The van der Waals surface area contributed by atoms with Crippen LogP contribution in [-0.2, 0) is 0 Å². The van der Waals surface area contributed by atoms with Gasteiger partial charge in [-0.3, -0.25) is 0 Å².